The first-order valence-corrected chi connectivity index (χ1v) is 9.34. The number of hydrazone groups is 1. The van der Waals surface area contributed by atoms with Crippen molar-refractivity contribution >= 4 is 21.6 Å². The largest absolute Gasteiger partial charge is 0.508 e. The van der Waals surface area contributed by atoms with E-state index in [4.69, 9.17) is 0 Å². The van der Waals surface area contributed by atoms with Crippen LogP contribution >= 0.6 is 0 Å². The Kier molecular flexibility index (Phi) is 5.45. The number of hydrogen-bond donors (Lipinski definition) is 3. The minimum atomic E-state index is -3.22. The molecular formula is C15H21N3O5S. The highest BCUT2D eigenvalue weighted by atomic mass is 32.2. The second kappa shape index (κ2) is 7.18. The molecule has 1 heterocycles. The smallest absolute Gasteiger partial charge is 0.243 e. The first-order valence-electron chi connectivity index (χ1n) is 7.49. The normalized spacial score (nSPS) is 17.7. The van der Waals surface area contributed by atoms with Crippen LogP contribution in [0.15, 0.2) is 23.3 Å². The van der Waals surface area contributed by atoms with E-state index in [-0.39, 0.29) is 23.3 Å². The lowest BCUT2D eigenvalue weighted by Gasteiger charge is -2.28. The quantitative estimate of drug-likeness (QED) is 0.540. The van der Waals surface area contributed by atoms with E-state index in [9.17, 15) is 23.4 Å². The van der Waals surface area contributed by atoms with Crippen LogP contribution in [0, 0.1) is 5.92 Å². The van der Waals surface area contributed by atoms with Gasteiger partial charge < -0.3 is 10.2 Å². The molecular weight excluding hydrogens is 334 g/mol. The second-order valence-electron chi connectivity index (χ2n) is 5.85. The van der Waals surface area contributed by atoms with Crippen LogP contribution in [0.5, 0.6) is 11.5 Å². The van der Waals surface area contributed by atoms with Crippen molar-refractivity contribution in [1.29, 1.82) is 0 Å². The summed E-state index contributed by atoms with van der Waals surface area (Å²) >= 11 is 0. The molecule has 1 amide bonds. The number of aromatic hydroxyl groups is 2. The highest BCUT2D eigenvalue weighted by molar-refractivity contribution is 7.88. The molecule has 0 saturated carbocycles. The van der Waals surface area contributed by atoms with Gasteiger partial charge in [0, 0.05) is 30.6 Å². The Morgan fingerprint density at radius 2 is 1.75 bits per heavy atom. The summed E-state index contributed by atoms with van der Waals surface area (Å²) < 4.78 is 24.3. The maximum atomic E-state index is 12.1. The lowest BCUT2D eigenvalue weighted by Crippen LogP contribution is -2.41. The molecule has 0 radical (unpaired) electrons. The number of rotatable bonds is 4. The maximum Gasteiger partial charge on any atom is 0.243 e. The van der Waals surface area contributed by atoms with E-state index in [1.54, 1.807) is 6.92 Å². The van der Waals surface area contributed by atoms with Gasteiger partial charge in [-0.1, -0.05) is 0 Å². The number of sulfonamides is 1. The predicted molar refractivity (Wildman–Crippen MR) is 89.3 cm³/mol. The minimum Gasteiger partial charge on any atom is -0.508 e. The van der Waals surface area contributed by atoms with Crippen LogP contribution < -0.4 is 5.43 Å². The van der Waals surface area contributed by atoms with Crippen molar-refractivity contribution in [3.05, 3.63) is 23.8 Å². The predicted octanol–water partition coefficient (Wildman–Crippen LogP) is 0.610. The lowest BCUT2D eigenvalue weighted by molar-refractivity contribution is -0.126. The van der Waals surface area contributed by atoms with E-state index in [0.29, 0.717) is 37.2 Å². The van der Waals surface area contributed by atoms with Crippen LogP contribution in [0.4, 0.5) is 0 Å². The number of phenolic OH excluding ortho intramolecular Hbond substituents is 2. The summed E-state index contributed by atoms with van der Waals surface area (Å²) in [4.78, 5) is 12.1. The van der Waals surface area contributed by atoms with E-state index in [1.165, 1.54) is 22.5 Å². The zero-order chi connectivity index (χ0) is 17.9. The summed E-state index contributed by atoms with van der Waals surface area (Å²) in [6, 6.07) is 4.05. The number of carbonyl (C=O) groups is 1. The van der Waals surface area contributed by atoms with Gasteiger partial charge >= 0.3 is 0 Å². The molecule has 1 aromatic carbocycles. The molecule has 3 N–H and O–H groups in total. The molecule has 0 unspecified atom stereocenters. The molecule has 0 atom stereocenters. The Morgan fingerprint density at radius 3 is 2.25 bits per heavy atom. The van der Waals surface area contributed by atoms with Crippen molar-refractivity contribution in [3.63, 3.8) is 0 Å². The van der Waals surface area contributed by atoms with Gasteiger partial charge in [-0.05, 0) is 31.9 Å². The van der Waals surface area contributed by atoms with E-state index in [0.717, 1.165) is 6.26 Å². The van der Waals surface area contributed by atoms with Crippen LogP contribution in [-0.4, -0.2) is 53.9 Å². The van der Waals surface area contributed by atoms with E-state index in [2.05, 4.69) is 10.5 Å². The highest BCUT2D eigenvalue weighted by Gasteiger charge is 2.28. The number of carbonyl (C=O) groups excluding carboxylic acids is 1. The van der Waals surface area contributed by atoms with Gasteiger partial charge in [-0.2, -0.15) is 5.10 Å². The van der Waals surface area contributed by atoms with Crippen molar-refractivity contribution in [2.45, 2.75) is 19.8 Å². The second-order valence-corrected chi connectivity index (χ2v) is 7.83. The fraction of sp³-hybridized carbons (Fsp3) is 0.467. The summed E-state index contributed by atoms with van der Waals surface area (Å²) in [5, 5.41) is 22.9. The van der Waals surface area contributed by atoms with Crippen LogP contribution in [0.1, 0.15) is 25.3 Å². The molecule has 9 heteroatoms. The molecule has 132 valence electrons. The Labute approximate surface area is 140 Å². The Morgan fingerprint density at radius 1 is 1.21 bits per heavy atom. The van der Waals surface area contributed by atoms with Crippen LogP contribution in [0.2, 0.25) is 0 Å². The minimum absolute atomic E-state index is 0.0981. The lowest BCUT2D eigenvalue weighted by atomic mass is 9.98. The summed E-state index contributed by atoms with van der Waals surface area (Å²) in [6.45, 7) is 2.28. The number of nitrogens with zero attached hydrogens (tertiary/aromatic N) is 2. The van der Waals surface area contributed by atoms with Crippen molar-refractivity contribution < 1.29 is 23.4 Å². The average molecular weight is 355 g/mol. The van der Waals surface area contributed by atoms with Gasteiger partial charge in [0.25, 0.3) is 0 Å². The number of nitrogens with one attached hydrogen (secondary N) is 1. The van der Waals surface area contributed by atoms with Gasteiger partial charge in [0.2, 0.25) is 15.9 Å². The molecule has 0 spiro atoms. The van der Waals surface area contributed by atoms with Crippen molar-refractivity contribution in [1.82, 2.24) is 9.73 Å². The van der Waals surface area contributed by atoms with Gasteiger partial charge in [0.05, 0.1) is 12.0 Å². The van der Waals surface area contributed by atoms with Crippen molar-refractivity contribution in [3.8, 4) is 11.5 Å². The third-order valence-electron chi connectivity index (χ3n) is 3.95. The van der Waals surface area contributed by atoms with E-state index < -0.39 is 10.0 Å². The van der Waals surface area contributed by atoms with Crippen molar-refractivity contribution in [2.75, 3.05) is 19.3 Å². The Bertz CT molecular complexity index is 732. The Balaban J connectivity index is 1.95. The number of hydrogen-bond acceptors (Lipinski definition) is 6. The zero-order valence-electron chi connectivity index (χ0n) is 13.6. The summed E-state index contributed by atoms with van der Waals surface area (Å²) in [6.07, 6.45) is 2.05. The number of phenols is 2. The molecule has 1 saturated heterocycles. The topological polar surface area (TPSA) is 119 Å². The SMILES string of the molecule is C/C(=N\NC(=O)C1CCN(S(C)(=O)=O)CC1)c1cc(O)cc(O)c1. The molecule has 0 aliphatic carbocycles. The first-order chi connectivity index (χ1) is 11.2. The van der Waals surface area contributed by atoms with Gasteiger partial charge in [-0.25, -0.2) is 18.1 Å². The van der Waals surface area contributed by atoms with Gasteiger partial charge in [0.1, 0.15) is 11.5 Å². The van der Waals surface area contributed by atoms with Crippen LogP contribution in [-0.2, 0) is 14.8 Å². The van der Waals surface area contributed by atoms with Crippen LogP contribution in [0.3, 0.4) is 0 Å². The zero-order valence-corrected chi connectivity index (χ0v) is 14.4. The maximum absolute atomic E-state index is 12.1. The van der Waals surface area contributed by atoms with Crippen molar-refractivity contribution in [2.24, 2.45) is 11.0 Å². The summed E-state index contributed by atoms with van der Waals surface area (Å²) in [5.74, 6) is -0.762. The van der Waals surface area contributed by atoms with E-state index >= 15 is 0 Å². The van der Waals surface area contributed by atoms with Gasteiger partial charge in [0.15, 0.2) is 0 Å². The number of benzene rings is 1. The number of piperidine rings is 1. The van der Waals surface area contributed by atoms with Crippen LogP contribution in [0.25, 0.3) is 0 Å². The molecule has 0 bridgehead atoms. The molecule has 8 nitrogen and oxygen atoms in total. The molecule has 24 heavy (non-hydrogen) atoms. The molecule has 1 aliphatic heterocycles. The Hall–Kier alpha value is -2.13. The van der Waals surface area contributed by atoms with Gasteiger partial charge in [-0.3, -0.25) is 4.79 Å². The van der Waals surface area contributed by atoms with E-state index in [1.807, 2.05) is 0 Å². The number of amides is 1. The molecule has 1 fully saturated rings. The molecule has 0 aromatic heterocycles. The third kappa shape index (κ3) is 4.68. The fourth-order valence-corrected chi connectivity index (χ4v) is 3.42. The monoisotopic (exact) mass is 355 g/mol. The molecule has 1 aliphatic rings. The first kappa shape index (κ1) is 18.2. The average Bonchev–Trinajstić information content (AvgIpc) is 2.50. The molecule has 1 aromatic rings. The van der Waals surface area contributed by atoms with Gasteiger partial charge in [-0.15, -0.1) is 0 Å². The fourth-order valence-electron chi connectivity index (χ4n) is 2.55. The molecule has 2 rings (SSSR count). The summed E-state index contributed by atoms with van der Waals surface area (Å²) in [5.41, 5.74) is 3.38. The standard InChI is InChI=1S/C15H21N3O5S/c1-10(12-7-13(19)9-14(20)8-12)16-17-15(21)11-3-5-18(6-4-11)24(2,22)23/h7-9,11,19-20H,3-6H2,1-2H3,(H,17,21)/b16-10+. The highest BCUT2D eigenvalue weighted by Crippen LogP contribution is 2.21. The third-order valence-corrected chi connectivity index (χ3v) is 5.25. The summed E-state index contributed by atoms with van der Waals surface area (Å²) in [7, 11) is -3.22.